The summed E-state index contributed by atoms with van der Waals surface area (Å²) in [5, 5.41) is 2.90. The average molecular weight is 238 g/mol. The quantitative estimate of drug-likeness (QED) is 0.686. The second-order valence-corrected chi connectivity index (χ2v) is 5.71. The van der Waals surface area contributed by atoms with Gasteiger partial charge < -0.3 is 15.0 Å². The van der Waals surface area contributed by atoms with Crippen molar-refractivity contribution in [2.45, 2.75) is 38.3 Å². The summed E-state index contributed by atoms with van der Waals surface area (Å²) in [6.07, 6.45) is 3.84. The van der Waals surface area contributed by atoms with E-state index >= 15 is 0 Å². The third-order valence-corrected chi connectivity index (χ3v) is 2.80. The molecule has 2 aliphatic heterocycles. The predicted molar refractivity (Wildman–Crippen MR) is 62.4 cm³/mol. The highest BCUT2D eigenvalue weighted by Gasteiger charge is 2.47. The Morgan fingerprint density at radius 3 is 2.65 bits per heavy atom. The Hall–Kier alpha value is -1.52. The molecule has 0 aromatic heterocycles. The van der Waals surface area contributed by atoms with E-state index in [2.05, 4.69) is 5.32 Å². The predicted octanol–water partition coefficient (Wildman–Crippen LogP) is 1.05. The summed E-state index contributed by atoms with van der Waals surface area (Å²) in [5.41, 5.74) is -0.738. The minimum atomic E-state index is -0.477. The zero-order valence-electron chi connectivity index (χ0n) is 10.4. The summed E-state index contributed by atoms with van der Waals surface area (Å²) in [6, 6.07) is 0. The maximum Gasteiger partial charge on any atom is 0.410 e. The van der Waals surface area contributed by atoms with Gasteiger partial charge in [-0.1, -0.05) is 6.08 Å². The number of nitrogens with one attached hydrogen (secondary N) is 1. The van der Waals surface area contributed by atoms with Crippen LogP contribution in [0.5, 0.6) is 0 Å². The molecule has 0 aromatic rings. The van der Waals surface area contributed by atoms with Crippen LogP contribution in [0.1, 0.15) is 27.2 Å². The SMILES string of the molecule is CC(C)(C)OC(=O)N1CC2(CC=CC(=O)N2)C1. The van der Waals surface area contributed by atoms with Gasteiger partial charge in [0.05, 0.1) is 5.54 Å². The van der Waals surface area contributed by atoms with Gasteiger partial charge in [0.25, 0.3) is 0 Å². The minimum absolute atomic E-state index is 0.0833. The molecule has 17 heavy (non-hydrogen) atoms. The lowest BCUT2D eigenvalue weighted by molar-refractivity contribution is -0.121. The summed E-state index contributed by atoms with van der Waals surface area (Å²) < 4.78 is 5.26. The molecule has 0 saturated carbocycles. The van der Waals surface area contributed by atoms with Crippen LogP contribution in [0, 0.1) is 0 Å². The number of amides is 2. The van der Waals surface area contributed by atoms with Crippen molar-refractivity contribution < 1.29 is 14.3 Å². The normalized spacial score (nSPS) is 22.1. The number of carbonyl (C=O) groups excluding carboxylic acids is 2. The lowest BCUT2D eigenvalue weighted by Gasteiger charge is -2.50. The Morgan fingerprint density at radius 1 is 1.47 bits per heavy atom. The summed E-state index contributed by atoms with van der Waals surface area (Å²) in [7, 11) is 0. The number of rotatable bonds is 0. The molecule has 2 heterocycles. The first-order chi connectivity index (χ1) is 7.80. The first-order valence-electron chi connectivity index (χ1n) is 5.76. The van der Waals surface area contributed by atoms with Crippen LogP contribution in [0.15, 0.2) is 12.2 Å². The van der Waals surface area contributed by atoms with Gasteiger partial charge in [0.1, 0.15) is 5.60 Å². The second-order valence-electron chi connectivity index (χ2n) is 5.71. The van der Waals surface area contributed by atoms with Gasteiger partial charge in [0.15, 0.2) is 0 Å². The number of likely N-dealkylation sites (tertiary alicyclic amines) is 1. The van der Waals surface area contributed by atoms with E-state index in [1.165, 1.54) is 6.08 Å². The zero-order chi connectivity index (χ0) is 12.7. The lowest BCUT2D eigenvalue weighted by Crippen LogP contribution is -2.72. The van der Waals surface area contributed by atoms with Crippen molar-refractivity contribution in [3.63, 3.8) is 0 Å². The second kappa shape index (κ2) is 3.75. The van der Waals surface area contributed by atoms with Crippen molar-refractivity contribution in [2.75, 3.05) is 13.1 Å². The van der Waals surface area contributed by atoms with Gasteiger partial charge in [-0.3, -0.25) is 4.79 Å². The maximum atomic E-state index is 11.7. The Kier molecular flexibility index (Phi) is 2.64. The lowest BCUT2D eigenvalue weighted by atomic mass is 9.84. The van der Waals surface area contributed by atoms with Gasteiger partial charge in [-0.15, -0.1) is 0 Å². The highest BCUT2D eigenvalue weighted by molar-refractivity contribution is 5.89. The van der Waals surface area contributed by atoms with E-state index in [0.29, 0.717) is 13.1 Å². The Bertz CT molecular complexity index is 376. The summed E-state index contributed by atoms with van der Waals surface area (Å²) in [6.45, 7) is 6.57. The molecular formula is C12H18N2O3. The van der Waals surface area contributed by atoms with Crippen LogP contribution < -0.4 is 5.32 Å². The van der Waals surface area contributed by atoms with E-state index < -0.39 is 5.60 Å². The smallest absolute Gasteiger partial charge is 0.410 e. The molecule has 0 aliphatic carbocycles. The zero-order valence-corrected chi connectivity index (χ0v) is 10.4. The van der Waals surface area contributed by atoms with E-state index in [9.17, 15) is 9.59 Å². The average Bonchev–Trinajstić information content (AvgIpc) is 2.10. The maximum absolute atomic E-state index is 11.7. The molecule has 0 unspecified atom stereocenters. The topological polar surface area (TPSA) is 58.6 Å². The summed E-state index contributed by atoms with van der Waals surface area (Å²) >= 11 is 0. The van der Waals surface area contributed by atoms with Crippen molar-refractivity contribution >= 4 is 12.0 Å². The van der Waals surface area contributed by atoms with Crippen LogP contribution in [-0.2, 0) is 9.53 Å². The van der Waals surface area contributed by atoms with Gasteiger partial charge in [-0.05, 0) is 33.3 Å². The molecule has 2 amide bonds. The van der Waals surface area contributed by atoms with Crippen molar-refractivity contribution in [2.24, 2.45) is 0 Å². The van der Waals surface area contributed by atoms with Crippen LogP contribution in [0.25, 0.3) is 0 Å². The monoisotopic (exact) mass is 238 g/mol. The largest absolute Gasteiger partial charge is 0.444 e. The van der Waals surface area contributed by atoms with Crippen LogP contribution in [0.4, 0.5) is 4.79 Å². The van der Waals surface area contributed by atoms with Crippen LogP contribution in [-0.4, -0.2) is 41.1 Å². The third-order valence-electron chi connectivity index (χ3n) is 2.80. The molecule has 0 radical (unpaired) electrons. The van der Waals surface area contributed by atoms with Gasteiger partial charge in [-0.2, -0.15) is 0 Å². The number of carbonyl (C=O) groups is 2. The minimum Gasteiger partial charge on any atom is -0.444 e. The van der Waals surface area contributed by atoms with Crippen LogP contribution in [0.3, 0.4) is 0 Å². The molecule has 0 atom stereocenters. The van der Waals surface area contributed by atoms with Crippen molar-refractivity contribution in [3.8, 4) is 0 Å². The van der Waals surface area contributed by atoms with Gasteiger partial charge >= 0.3 is 6.09 Å². The molecule has 0 aromatic carbocycles. The van der Waals surface area contributed by atoms with Gasteiger partial charge in [0.2, 0.25) is 5.91 Å². The van der Waals surface area contributed by atoms with Crippen molar-refractivity contribution in [1.29, 1.82) is 0 Å². The Balaban J connectivity index is 1.88. The molecule has 1 spiro atoms. The number of hydrogen-bond donors (Lipinski definition) is 1. The fourth-order valence-electron chi connectivity index (χ4n) is 2.09. The van der Waals surface area contributed by atoms with E-state index in [1.807, 2.05) is 26.8 Å². The van der Waals surface area contributed by atoms with E-state index in [-0.39, 0.29) is 17.5 Å². The molecule has 1 N–H and O–H groups in total. The molecule has 2 rings (SSSR count). The molecule has 5 heteroatoms. The summed E-state index contributed by atoms with van der Waals surface area (Å²) in [5.74, 6) is -0.0833. The van der Waals surface area contributed by atoms with Gasteiger partial charge in [-0.25, -0.2) is 4.79 Å². The number of ether oxygens (including phenoxy) is 1. The van der Waals surface area contributed by atoms with E-state index in [0.717, 1.165) is 6.42 Å². The molecule has 1 fully saturated rings. The molecular weight excluding hydrogens is 220 g/mol. The fraction of sp³-hybridized carbons (Fsp3) is 0.667. The van der Waals surface area contributed by atoms with E-state index in [4.69, 9.17) is 4.74 Å². The molecule has 5 nitrogen and oxygen atoms in total. The number of nitrogens with zero attached hydrogens (tertiary/aromatic N) is 1. The van der Waals surface area contributed by atoms with Gasteiger partial charge in [0, 0.05) is 13.1 Å². The van der Waals surface area contributed by atoms with Crippen molar-refractivity contribution in [1.82, 2.24) is 10.2 Å². The van der Waals surface area contributed by atoms with Crippen molar-refractivity contribution in [3.05, 3.63) is 12.2 Å². The Labute approximate surface area is 101 Å². The highest BCUT2D eigenvalue weighted by atomic mass is 16.6. The molecule has 1 saturated heterocycles. The molecule has 0 bridgehead atoms. The standard InChI is InChI=1S/C12H18N2O3/c1-11(2,3)17-10(16)14-7-12(8-14)6-4-5-9(15)13-12/h4-5H,6-8H2,1-3H3,(H,13,15). The molecule has 2 aliphatic rings. The Morgan fingerprint density at radius 2 is 2.12 bits per heavy atom. The van der Waals surface area contributed by atoms with Crippen LogP contribution >= 0.6 is 0 Å². The van der Waals surface area contributed by atoms with Crippen LogP contribution in [0.2, 0.25) is 0 Å². The first-order valence-corrected chi connectivity index (χ1v) is 5.76. The number of hydrogen-bond acceptors (Lipinski definition) is 3. The highest BCUT2D eigenvalue weighted by Crippen LogP contribution is 2.28. The first kappa shape index (κ1) is 12.0. The summed E-state index contributed by atoms with van der Waals surface area (Å²) in [4.78, 5) is 24.6. The van der Waals surface area contributed by atoms with E-state index in [1.54, 1.807) is 4.90 Å². The molecule has 94 valence electrons. The fourth-order valence-corrected chi connectivity index (χ4v) is 2.09. The third kappa shape index (κ3) is 2.60.